The summed E-state index contributed by atoms with van der Waals surface area (Å²) in [4.78, 5) is 0. The van der Waals surface area contributed by atoms with E-state index >= 15 is 0 Å². The molecule has 0 aliphatic heterocycles. The molecule has 27 heavy (non-hydrogen) atoms. The Morgan fingerprint density at radius 2 is 1.74 bits per heavy atom. The second-order valence-electron chi connectivity index (χ2n) is 7.41. The molecule has 0 heterocycles. The van der Waals surface area contributed by atoms with Crippen LogP contribution in [0.25, 0.3) is 11.1 Å². The second-order valence-corrected chi connectivity index (χ2v) is 7.82. The minimum absolute atomic E-state index is 0.150. The third-order valence-corrected chi connectivity index (χ3v) is 5.73. The van der Waals surface area contributed by atoms with Crippen LogP contribution in [0.1, 0.15) is 50.5 Å². The van der Waals surface area contributed by atoms with Crippen LogP contribution in [-0.2, 0) is 0 Å². The van der Waals surface area contributed by atoms with Gasteiger partial charge in [0.05, 0.1) is 5.02 Å². The highest BCUT2D eigenvalue weighted by Crippen LogP contribution is 2.31. The molecule has 0 spiro atoms. The van der Waals surface area contributed by atoms with Gasteiger partial charge < -0.3 is 0 Å². The molecule has 2 aromatic rings. The molecule has 0 unspecified atom stereocenters. The molecule has 3 rings (SSSR count). The first-order valence-electron chi connectivity index (χ1n) is 9.83. The molecule has 2 heteroatoms. The highest BCUT2D eigenvalue weighted by Gasteiger charge is 2.19. The van der Waals surface area contributed by atoms with E-state index in [1.807, 2.05) is 36.4 Å². The van der Waals surface area contributed by atoms with E-state index in [0.717, 1.165) is 29.0 Å². The molecule has 0 bridgehead atoms. The van der Waals surface area contributed by atoms with E-state index < -0.39 is 5.82 Å². The van der Waals surface area contributed by atoms with Gasteiger partial charge in [-0.2, -0.15) is 0 Å². The normalized spacial score (nSPS) is 19.2. The van der Waals surface area contributed by atoms with Crippen molar-refractivity contribution < 1.29 is 4.39 Å². The average molecular weight is 381 g/mol. The molecule has 1 fully saturated rings. The Hall–Kier alpha value is -2.04. The molecule has 1 saturated carbocycles. The third kappa shape index (κ3) is 5.72. The van der Waals surface area contributed by atoms with Gasteiger partial charge in [0.1, 0.15) is 5.82 Å². The van der Waals surface area contributed by atoms with Crippen LogP contribution in [0.15, 0.2) is 55.1 Å². The molecular formula is C25H26ClF. The first-order valence-corrected chi connectivity index (χ1v) is 10.2. The van der Waals surface area contributed by atoms with Gasteiger partial charge in [-0.1, -0.05) is 54.1 Å². The molecule has 0 saturated heterocycles. The Morgan fingerprint density at radius 3 is 2.41 bits per heavy atom. The first-order chi connectivity index (χ1) is 13.2. The van der Waals surface area contributed by atoms with E-state index in [-0.39, 0.29) is 5.02 Å². The van der Waals surface area contributed by atoms with Gasteiger partial charge in [0, 0.05) is 11.5 Å². The van der Waals surface area contributed by atoms with E-state index in [1.54, 1.807) is 6.07 Å². The summed E-state index contributed by atoms with van der Waals surface area (Å²) < 4.78 is 13.6. The van der Waals surface area contributed by atoms with Crippen molar-refractivity contribution in [3.63, 3.8) is 0 Å². The number of rotatable bonds is 5. The van der Waals surface area contributed by atoms with Gasteiger partial charge in [-0.25, -0.2) is 4.39 Å². The molecule has 1 aliphatic carbocycles. The van der Waals surface area contributed by atoms with E-state index in [2.05, 4.69) is 18.4 Å². The van der Waals surface area contributed by atoms with Crippen molar-refractivity contribution in [1.29, 1.82) is 0 Å². The van der Waals surface area contributed by atoms with Crippen LogP contribution in [0, 0.1) is 29.5 Å². The van der Waals surface area contributed by atoms with E-state index in [1.165, 1.54) is 44.6 Å². The van der Waals surface area contributed by atoms with Crippen LogP contribution < -0.4 is 0 Å². The standard InChI is InChI=1S/C25H26ClF/c1-2-3-4-5-19-6-8-20(9-7-19)10-11-21-12-14-22(15-13-21)23-16-17-24(26)25(27)18-23/h2,12-20H,1,3-9H2/t19-,20-. The summed E-state index contributed by atoms with van der Waals surface area (Å²) in [5.74, 6) is 7.79. The Labute approximate surface area is 167 Å². The van der Waals surface area contributed by atoms with Gasteiger partial charge in [0.15, 0.2) is 0 Å². The Morgan fingerprint density at radius 1 is 1.04 bits per heavy atom. The zero-order valence-corrected chi connectivity index (χ0v) is 16.4. The SMILES string of the molecule is C=CCCC[C@H]1CC[C@H](C#Cc2ccc(-c3ccc(Cl)c(F)c3)cc2)CC1. The average Bonchev–Trinajstić information content (AvgIpc) is 2.70. The van der Waals surface area contributed by atoms with Gasteiger partial charge >= 0.3 is 0 Å². The Bertz CT molecular complexity index is 818. The number of benzene rings is 2. The van der Waals surface area contributed by atoms with Gasteiger partial charge in [0.25, 0.3) is 0 Å². The molecule has 0 nitrogen and oxygen atoms in total. The maximum Gasteiger partial charge on any atom is 0.142 e. The summed E-state index contributed by atoms with van der Waals surface area (Å²) in [6.45, 7) is 3.80. The fraction of sp³-hybridized carbons (Fsp3) is 0.360. The van der Waals surface area contributed by atoms with Crippen molar-refractivity contribution in [2.75, 3.05) is 0 Å². The summed E-state index contributed by atoms with van der Waals surface area (Å²) >= 11 is 5.75. The lowest BCUT2D eigenvalue weighted by Crippen LogP contribution is -2.13. The van der Waals surface area contributed by atoms with Gasteiger partial charge in [-0.3, -0.25) is 0 Å². The molecule has 2 aromatic carbocycles. The smallest absolute Gasteiger partial charge is 0.142 e. The summed E-state index contributed by atoms with van der Waals surface area (Å²) in [5, 5.41) is 0.150. The minimum Gasteiger partial charge on any atom is -0.205 e. The molecule has 0 amide bonds. The fourth-order valence-electron chi connectivity index (χ4n) is 3.75. The lowest BCUT2D eigenvalue weighted by Gasteiger charge is -2.25. The molecule has 0 radical (unpaired) electrons. The fourth-order valence-corrected chi connectivity index (χ4v) is 3.87. The van der Waals surface area contributed by atoms with E-state index in [0.29, 0.717) is 5.92 Å². The number of unbranched alkanes of at least 4 members (excludes halogenated alkanes) is 1. The van der Waals surface area contributed by atoms with Crippen molar-refractivity contribution in [1.82, 2.24) is 0 Å². The van der Waals surface area contributed by atoms with Crippen LogP contribution >= 0.6 is 11.6 Å². The quantitative estimate of drug-likeness (QED) is 0.283. The van der Waals surface area contributed by atoms with Crippen LogP contribution in [-0.4, -0.2) is 0 Å². The van der Waals surface area contributed by atoms with Crippen molar-refractivity contribution >= 4 is 11.6 Å². The lowest BCUT2D eigenvalue weighted by molar-refractivity contribution is 0.297. The van der Waals surface area contributed by atoms with Crippen molar-refractivity contribution in [3.8, 4) is 23.0 Å². The molecule has 0 atom stereocenters. The monoisotopic (exact) mass is 380 g/mol. The van der Waals surface area contributed by atoms with Crippen molar-refractivity contribution in [2.45, 2.75) is 44.9 Å². The highest BCUT2D eigenvalue weighted by atomic mass is 35.5. The van der Waals surface area contributed by atoms with E-state index in [4.69, 9.17) is 11.6 Å². The zero-order valence-electron chi connectivity index (χ0n) is 15.7. The maximum absolute atomic E-state index is 13.6. The summed E-state index contributed by atoms with van der Waals surface area (Å²) in [7, 11) is 0. The third-order valence-electron chi connectivity index (χ3n) is 5.43. The molecule has 0 aromatic heterocycles. The number of hydrogen-bond acceptors (Lipinski definition) is 0. The zero-order chi connectivity index (χ0) is 19.1. The number of hydrogen-bond donors (Lipinski definition) is 0. The Balaban J connectivity index is 1.55. The van der Waals surface area contributed by atoms with Gasteiger partial charge in [-0.05, 0) is 79.8 Å². The highest BCUT2D eigenvalue weighted by molar-refractivity contribution is 6.30. The summed E-state index contributed by atoms with van der Waals surface area (Å²) in [6, 6.07) is 12.9. The molecule has 0 N–H and O–H groups in total. The Kier molecular flexibility index (Phi) is 7.13. The summed E-state index contributed by atoms with van der Waals surface area (Å²) in [6.07, 6.45) is 10.8. The van der Waals surface area contributed by atoms with E-state index in [9.17, 15) is 4.39 Å². The van der Waals surface area contributed by atoms with Crippen molar-refractivity contribution in [3.05, 3.63) is 71.5 Å². The number of halogens is 2. The minimum atomic E-state index is -0.391. The van der Waals surface area contributed by atoms with Gasteiger partial charge in [0.2, 0.25) is 0 Å². The largest absolute Gasteiger partial charge is 0.205 e. The van der Waals surface area contributed by atoms with Crippen LogP contribution in [0.4, 0.5) is 4.39 Å². The molecule has 1 aliphatic rings. The van der Waals surface area contributed by atoms with Crippen LogP contribution in [0.2, 0.25) is 5.02 Å². The number of allylic oxidation sites excluding steroid dienone is 1. The first kappa shape index (κ1) is 19.7. The van der Waals surface area contributed by atoms with Crippen molar-refractivity contribution in [2.24, 2.45) is 11.8 Å². The predicted octanol–water partition coefficient (Wildman–Crippen LogP) is 7.66. The topological polar surface area (TPSA) is 0 Å². The molecular weight excluding hydrogens is 355 g/mol. The lowest BCUT2D eigenvalue weighted by atomic mass is 9.80. The van der Waals surface area contributed by atoms with Gasteiger partial charge in [-0.15, -0.1) is 6.58 Å². The second kappa shape index (κ2) is 9.77. The maximum atomic E-state index is 13.6. The van der Waals surface area contributed by atoms with Crippen LogP contribution in [0.5, 0.6) is 0 Å². The molecule has 140 valence electrons. The predicted molar refractivity (Wildman–Crippen MR) is 113 cm³/mol. The summed E-state index contributed by atoms with van der Waals surface area (Å²) in [5.41, 5.74) is 2.81. The van der Waals surface area contributed by atoms with Crippen LogP contribution in [0.3, 0.4) is 0 Å².